The molecule has 4 rings (SSSR count). The number of carboxylic acids is 1. The topological polar surface area (TPSA) is 165 Å². The van der Waals surface area contributed by atoms with E-state index >= 15 is 0 Å². The highest BCUT2D eigenvalue weighted by Gasteiger charge is 2.23. The van der Waals surface area contributed by atoms with Gasteiger partial charge in [0, 0.05) is 11.8 Å². The first-order valence-corrected chi connectivity index (χ1v) is 12.4. The van der Waals surface area contributed by atoms with Crippen LogP contribution in [0.3, 0.4) is 0 Å². The Labute approximate surface area is 202 Å². The van der Waals surface area contributed by atoms with Gasteiger partial charge in [-0.05, 0) is 50.1 Å². The maximum Gasteiger partial charge on any atom is 0.320 e. The average Bonchev–Trinajstić information content (AvgIpc) is 3.29. The average molecular weight is 496 g/mol. The Morgan fingerprint density at radius 2 is 1.77 bits per heavy atom. The third kappa shape index (κ3) is 5.23. The molecule has 5 N–H and O–H groups in total. The number of nitrogens with zero attached hydrogens (tertiary/aromatic N) is 4. The quantitative estimate of drug-likeness (QED) is 0.271. The van der Waals surface area contributed by atoms with Gasteiger partial charge in [-0.1, -0.05) is 24.3 Å². The second-order valence-electron chi connectivity index (χ2n) is 8.16. The number of carbonyl (C=O) groups is 1. The molecule has 0 aliphatic carbocycles. The Kier molecular flexibility index (Phi) is 6.67. The number of para-hydroxylation sites is 1. The summed E-state index contributed by atoms with van der Waals surface area (Å²) in [6, 6.07) is 14.4. The molecule has 0 bridgehead atoms. The Hall–Kier alpha value is -4.03. The highest BCUT2D eigenvalue weighted by Crippen LogP contribution is 2.28. The Morgan fingerprint density at radius 1 is 1.06 bits per heavy atom. The lowest BCUT2D eigenvalue weighted by atomic mass is 10.1. The molecule has 0 unspecified atom stereocenters. The second-order valence-corrected chi connectivity index (χ2v) is 10.6. The normalized spacial score (nSPS) is 12.6. The van der Waals surface area contributed by atoms with Crippen molar-refractivity contribution in [2.45, 2.75) is 36.5 Å². The maximum atomic E-state index is 12.8. The number of nitrogens with one attached hydrogen (secondary N) is 2. The van der Waals surface area contributed by atoms with E-state index in [2.05, 4.69) is 25.7 Å². The van der Waals surface area contributed by atoms with Gasteiger partial charge in [-0.15, -0.1) is 0 Å². The summed E-state index contributed by atoms with van der Waals surface area (Å²) < 4.78 is 27.2. The fraction of sp³-hybridized carbons (Fsp3) is 0.217. The molecule has 0 radical (unpaired) electrons. The minimum Gasteiger partial charge on any atom is -0.480 e. The van der Waals surface area contributed by atoms with Crippen LogP contribution in [-0.4, -0.2) is 50.4 Å². The van der Waals surface area contributed by atoms with Gasteiger partial charge in [0.1, 0.15) is 6.04 Å². The summed E-state index contributed by atoms with van der Waals surface area (Å²) in [7, 11) is -3.54. The predicted octanol–water partition coefficient (Wildman–Crippen LogP) is 2.75. The first kappa shape index (κ1) is 24.1. The molecule has 4 aromatic rings. The number of hydrogen-bond donors (Lipinski definition) is 4. The molecule has 0 fully saturated rings. The third-order valence-electron chi connectivity index (χ3n) is 5.30. The van der Waals surface area contributed by atoms with Crippen molar-refractivity contribution in [3.05, 3.63) is 66.4 Å². The summed E-state index contributed by atoms with van der Waals surface area (Å²) >= 11 is 0. The van der Waals surface area contributed by atoms with E-state index in [1.54, 1.807) is 74.6 Å². The molecule has 0 saturated carbocycles. The summed E-state index contributed by atoms with van der Waals surface area (Å²) in [5, 5.41) is 18.8. The van der Waals surface area contributed by atoms with Gasteiger partial charge in [0.05, 0.1) is 22.0 Å². The highest BCUT2D eigenvalue weighted by molar-refractivity contribution is 7.92. The monoisotopic (exact) mass is 495 g/mol. The lowest BCUT2D eigenvalue weighted by Crippen LogP contribution is -2.32. The number of aromatic nitrogens is 4. The Bertz CT molecular complexity index is 1470. The summed E-state index contributed by atoms with van der Waals surface area (Å²) in [6.45, 7) is 3.26. The van der Waals surface area contributed by atoms with Crippen LogP contribution in [-0.2, 0) is 21.1 Å². The van der Waals surface area contributed by atoms with E-state index in [-0.39, 0.29) is 23.2 Å². The number of rotatable bonds is 9. The van der Waals surface area contributed by atoms with Gasteiger partial charge in [0.15, 0.2) is 15.5 Å². The van der Waals surface area contributed by atoms with Crippen LogP contribution >= 0.6 is 0 Å². The highest BCUT2D eigenvalue weighted by atomic mass is 32.2. The van der Waals surface area contributed by atoms with E-state index in [4.69, 9.17) is 10.8 Å². The van der Waals surface area contributed by atoms with Gasteiger partial charge in [-0.2, -0.15) is 19.6 Å². The molecule has 0 saturated heterocycles. The number of aliphatic carboxylic acids is 1. The molecule has 1 atom stereocenters. The van der Waals surface area contributed by atoms with E-state index in [9.17, 15) is 13.2 Å². The standard InChI is InChI=1S/C23H25N7O4S/c1-14(2)35(33,34)19-6-4-3-5-18(19)27-23-29-22(28-20-11-12-25-30(20)23)26-16-9-7-15(8-10-16)13-17(24)21(31)32/h3-12,14,17H,13,24H2,1-2H3,(H,31,32)(H2,26,27,28,29)/t17-/m0/s1. The SMILES string of the molecule is CC(C)S(=O)(=O)c1ccccc1Nc1nc(Nc2ccc(C[C@H](N)C(=O)O)cc2)nc2ccnn12. The third-order valence-corrected chi connectivity index (χ3v) is 7.51. The Balaban J connectivity index is 1.63. The number of anilines is 4. The lowest BCUT2D eigenvalue weighted by Gasteiger charge is -2.15. The Morgan fingerprint density at radius 3 is 2.46 bits per heavy atom. The second kappa shape index (κ2) is 9.68. The van der Waals surface area contributed by atoms with Gasteiger partial charge >= 0.3 is 5.97 Å². The summed E-state index contributed by atoms with van der Waals surface area (Å²) in [6.07, 6.45) is 1.77. The number of sulfone groups is 1. The van der Waals surface area contributed by atoms with Gasteiger partial charge in [0.2, 0.25) is 11.9 Å². The lowest BCUT2D eigenvalue weighted by molar-refractivity contribution is -0.138. The van der Waals surface area contributed by atoms with Crippen molar-refractivity contribution in [1.82, 2.24) is 19.6 Å². The molecule has 0 amide bonds. The van der Waals surface area contributed by atoms with Gasteiger partial charge in [0.25, 0.3) is 0 Å². The van der Waals surface area contributed by atoms with Crippen LogP contribution in [0.15, 0.2) is 65.7 Å². The van der Waals surface area contributed by atoms with Crippen LogP contribution < -0.4 is 16.4 Å². The molecular formula is C23H25N7O4S. The summed E-state index contributed by atoms with van der Waals surface area (Å²) in [4.78, 5) is 20.1. The molecule has 182 valence electrons. The van der Waals surface area contributed by atoms with Gasteiger partial charge in [-0.3, -0.25) is 4.79 Å². The van der Waals surface area contributed by atoms with Crippen molar-refractivity contribution in [3.63, 3.8) is 0 Å². The molecule has 2 heterocycles. The molecule has 11 nitrogen and oxygen atoms in total. The zero-order valence-corrected chi connectivity index (χ0v) is 19.9. The zero-order chi connectivity index (χ0) is 25.2. The van der Waals surface area contributed by atoms with E-state index in [0.29, 0.717) is 17.0 Å². The predicted molar refractivity (Wildman–Crippen MR) is 132 cm³/mol. The number of hydrogen-bond acceptors (Lipinski definition) is 9. The van der Waals surface area contributed by atoms with Crippen molar-refractivity contribution < 1.29 is 18.3 Å². The van der Waals surface area contributed by atoms with Crippen LogP contribution in [0, 0.1) is 0 Å². The number of fused-ring (bicyclic) bond motifs is 1. The van der Waals surface area contributed by atoms with Crippen LogP contribution in [0.2, 0.25) is 0 Å². The molecule has 2 aromatic heterocycles. The van der Waals surface area contributed by atoms with Gasteiger partial charge < -0.3 is 21.5 Å². The van der Waals surface area contributed by atoms with Crippen molar-refractivity contribution in [2.75, 3.05) is 10.6 Å². The van der Waals surface area contributed by atoms with Gasteiger partial charge in [-0.25, -0.2) is 8.42 Å². The fourth-order valence-corrected chi connectivity index (χ4v) is 4.55. The maximum absolute atomic E-state index is 12.8. The van der Waals surface area contributed by atoms with E-state index in [1.807, 2.05) is 0 Å². The van der Waals surface area contributed by atoms with Crippen molar-refractivity contribution in [2.24, 2.45) is 5.73 Å². The van der Waals surface area contributed by atoms with E-state index in [1.165, 1.54) is 4.52 Å². The molecular weight excluding hydrogens is 470 g/mol. The minimum atomic E-state index is -3.54. The first-order valence-electron chi connectivity index (χ1n) is 10.8. The molecule has 0 aliphatic rings. The van der Waals surface area contributed by atoms with Crippen LogP contribution in [0.4, 0.5) is 23.3 Å². The molecule has 12 heteroatoms. The number of benzene rings is 2. The fourth-order valence-electron chi connectivity index (χ4n) is 3.35. The molecule has 2 aromatic carbocycles. The number of carboxylic acid groups (broad SMARTS) is 1. The zero-order valence-electron chi connectivity index (χ0n) is 19.1. The van der Waals surface area contributed by atoms with Crippen molar-refractivity contribution in [3.8, 4) is 0 Å². The number of nitrogens with two attached hydrogens (primary N) is 1. The van der Waals surface area contributed by atoms with Crippen LogP contribution in [0.5, 0.6) is 0 Å². The molecule has 0 aliphatic heterocycles. The molecule has 0 spiro atoms. The van der Waals surface area contributed by atoms with E-state index in [0.717, 1.165) is 5.56 Å². The first-order chi connectivity index (χ1) is 16.6. The largest absolute Gasteiger partial charge is 0.480 e. The smallest absolute Gasteiger partial charge is 0.320 e. The summed E-state index contributed by atoms with van der Waals surface area (Å²) in [5.41, 5.74) is 7.93. The van der Waals surface area contributed by atoms with Crippen molar-refractivity contribution in [1.29, 1.82) is 0 Å². The minimum absolute atomic E-state index is 0.165. The van der Waals surface area contributed by atoms with Crippen molar-refractivity contribution >= 4 is 44.7 Å². The summed E-state index contributed by atoms with van der Waals surface area (Å²) in [5.74, 6) is -0.518. The van der Waals surface area contributed by atoms with Crippen LogP contribution in [0.25, 0.3) is 5.65 Å². The molecule has 35 heavy (non-hydrogen) atoms. The van der Waals surface area contributed by atoms with Crippen LogP contribution in [0.1, 0.15) is 19.4 Å². The van der Waals surface area contributed by atoms with E-state index < -0.39 is 27.1 Å².